The summed E-state index contributed by atoms with van der Waals surface area (Å²) in [5.41, 5.74) is 0. The van der Waals surface area contributed by atoms with E-state index in [1.54, 1.807) is 0 Å². The van der Waals surface area contributed by atoms with Gasteiger partial charge in [0.05, 0.1) is 33.8 Å². The summed E-state index contributed by atoms with van der Waals surface area (Å²) in [4.78, 5) is 40.3. The van der Waals surface area contributed by atoms with Crippen LogP contribution in [0.15, 0.2) is 12.2 Å². The van der Waals surface area contributed by atoms with Gasteiger partial charge in [-0.15, -0.1) is 0 Å². The SMILES string of the molecule is CCCCCCCCCCCC/C=C/C(OC(=O)CCCCCCCCCCCCCCCCCCCCCCCCC)C(COP(=O)([O-])OCC[N+](C)(C)C)NC(=O)CCCCCCCCCCCCCCCCCCCCCCCCCCCCC. The summed E-state index contributed by atoms with van der Waals surface area (Å²) in [7, 11) is 1.22. The van der Waals surface area contributed by atoms with Gasteiger partial charge in [-0.05, 0) is 31.8 Å². The van der Waals surface area contributed by atoms with Crippen molar-refractivity contribution in [2.45, 2.75) is 437 Å². The molecule has 0 aliphatic carbocycles. The molecule has 0 bridgehead atoms. The number of phosphoric ester groups is 1. The van der Waals surface area contributed by atoms with Crippen LogP contribution in [0.1, 0.15) is 425 Å². The molecule has 0 aliphatic heterocycles. The number of quaternary nitrogens is 1. The first-order chi connectivity index (χ1) is 42.9. The third-order valence-electron chi connectivity index (χ3n) is 18.5. The highest BCUT2D eigenvalue weighted by Crippen LogP contribution is 2.38. The number of nitrogens with one attached hydrogen (secondary N) is 1. The summed E-state index contributed by atoms with van der Waals surface area (Å²) < 4.78 is 30.5. The summed E-state index contributed by atoms with van der Waals surface area (Å²) in [5.74, 6) is -0.509. The maximum atomic E-state index is 13.6. The second-order valence-electron chi connectivity index (χ2n) is 28.6. The number of esters is 1. The van der Waals surface area contributed by atoms with Crippen LogP contribution in [-0.4, -0.2) is 69.4 Å². The maximum absolute atomic E-state index is 13.6. The van der Waals surface area contributed by atoms with E-state index in [-0.39, 0.29) is 31.5 Å². The van der Waals surface area contributed by atoms with Crippen molar-refractivity contribution in [3.05, 3.63) is 12.2 Å². The number of amides is 1. The molecule has 0 spiro atoms. The molecule has 524 valence electrons. The minimum Gasteiger partial charge on any atom is -0.756 e. The van der Waals surface area contributed by atoms with Gasteiger partial charge in [0.15, 0.2) is 0 Å². The van der Waals surface area contributed by atoms with Gasteiger partial charge in [-0.3, -0.25) is 14.2 Å². The van der Waals surface area contributed by atoms with Gasteiger partial charge in [0.1, 0.15) is 19.3 Å². The fraction of sp³-hybridized carbons (Fsp3) is 0.949. The zero-order valence-electron chi connectivity index (χ0n) is 60.2. The summed E-state index contributed by atoms with van der Waals surface area (Å²) in [5, 5.41) is 3.06. The van der Waals surface area contributed by atoms with E-state index < -0.39 is 20.0 Å². The number of phosphoric acid groups is 1. The standard InChI is InChI=1S/C78H155N2O7P/c1-7-10-13-16-19-22-25-28-30-32-34-36-38-39-40-41-43-44-46-48-50-52-55-58-61-64-67-70-77(81)79-75(74-86-88(83,84)85-73-72-80(4,5)6)76(69-66-63-60-57-54-27-24-21-18-15-12-9-3)87-78(82)71-68-65-62-59-56-53-51-49-47-45-42-37-35-33-31-29-26-23-20-17-14-11-8-2/h66,69,75-76H,7-65,67-68,70-74H2,1-6H3,(H-,79,81,83,84)/b69-66+. The molecule has 0 saturated heterocycles. The van der Waals surface area contributed by atoms with Gasteiger partial charge in [0, 0.05) is 12.8 Å². The quantitative estimate of drug-likeness (QED) is 0.0212. The molecule has 3 unspecified atom stereocenters. The Kier molecular flexibility index (Phi) is 67.6. The van der Waals surface area contributed by atoms with E-state index in [0.29, 0.717) is 17.4 Å². The Hall–Kier alpha value is -1.25. The minimum atomic E-state index is -4.70. The van der Waals surface area contributed by atoms with Gasteiger partial charge in [-0.25, -0.2) is 0 Å². The van der Waals surface area contributed by atoms with E-state index in [4.69, 9.17) is 13.8 Å². The molecule has 1 amide bonds. The monoisotopic (exact) mass is 1260 g/mol. The Morgan fingerprint density at radius 3 is 0.932 bits per heavy atom. The van der Waals surface area contributed by atoms with Crippen molar-refractivity contribution in [2.75, 3.05) is 40.9 Å². The highest BCUT2D eigenvalue weighted by Gasteiger charge is 2.27. The largest absolute Gasteiger partial charge is 0.756 e. The predicted molar refractivity (Wildman–Crippen MR) is 381 cm³/mol. The minimum absolute atomic E-state index is 0.0162. The van der Waals surface area contributed by atoms with Gasteiger partial charge in [0.25, 0.3) is 7.82 Å². The summed E-state index contributed by atoms with van der Waals surface area (Å²) in [6.07, 6.45) is 83.6. The van der Waals surface area contributed by atoms with Crippen molar-refractivity contribution in [1.82, 2.24) is 5.32 Å². The highest BCUT2D eigenvalue weighted by molar-refractivity contribution is 7.45. The molecule has 0 aliphatic rings. The second kappa shape index (κ2) is 68.6. The average molecular weight is 1260 g/mol. The van der Waals surface area contributed by atoms with Crippen molar-refractivity contribution >= 4 is 19.7 Å². The van der Waals surface area contributed by atoms with Crippen molar-refractivity contribution in [2.24, 2.45) is 0 Å². The first-order valence-corrected chi connectivity index (χ1v) is 41.0. The number of likely N-dealkylation sites (N-methyl/N-ethyl adjacent to an activating group) is 1. The normalized spacial score (nSPS) is 13.4. The lowest BCUT2D eigenvalue weighted by molar-refractivity contribution is -0.870. The number of hydrogen-bond donors (Lipinski definition) is 1. The van der Waals surface area contributed by atoms with Crippen LogP contribution < -0.4 is 10.2 Å². The molecular formula is C78H155N2O7P. The first-order valence-electron chi connectivity index (χ1n) is 39.5. The van der Waals surface area contributed by atoms with Gasteiger partial charge in [0.2, 0.25) is 5.91 Å². The van der Waals surface area contributed by atoms with Crippen LogP contribution >= 0.6 is 7.82 Å². The van der Waals surface area contributed by atoms with Crippen LogP contribution in [-0.2, 0) is 27.9 Å². The van der Waals surface area contributed by atoms with Gasteiger partial charge in [-0.2, -0.15) is 0 Å². The molecule has 0 aromatic rings. The van der Waals surface area contributed by atoms with Gasteiger partial charge < -0.3 is 28.5 Å². The number of nitrogens with zero attached hydrogens (tertiary/aromatic N) is 1. The molecule has 3 atom stereocenters. The maximum Gasteiger partial charge on any atom is 0.306 e. The topological polar surface area (TPSA) is 114 Å². The number of allylic oxidation sites excluding steroid dienone is 1. The average Bonchev–Trinajstić information content (AvgIpc) is 3.61. The van der Waals surface area contributed by atoms with E-state index in [0.717, 1.165) is 57.8 Å². The molecule has 10 heteroatoms. The number of unbranched alkanes of at least 4 members (excludes halogenated alkanes) is 58. The third kappa shape index (κ3) is 69.1. The van der Waals surface area contributed by atoms with Crippen molar-refractivity contribution in [3.63, 3.8) is 0 Å². The van der Waals surface area contributed by atoms with E-state index in [1.165, 1.54) is 334 Å². The molecule has 9 nitrogen and oxygen atoms in total. The number of ether oxygens (including phenoxy) is 1. The van der Waals surface area contributed by atoms with Crippen LogP contribution in [0.4, 0.5) is 0 Å². The smallest absolute Gasteiger partial charge is 0.306 e. The van der Waals surface area contributed by atoms with Crippen molar-refractivity contribution in [1.29, 1.82) is 0 Å². The van der Waals surface area contributed by atoms with E-state index >= 15 is 0 Å². The lowest BCUT2D eigenvalue weighted by Crippen LogP contribution is -2.47. The highest BCUT2D eigenvalue weighted by atomic mass is 31.2. The third-order valence-corrected chi connectivity index (χ3v) is 19.4. The zero-order chi connectivity index (χ0) is 64.2. The molecule has 0 saturated carbocycles. The molecule has 0 aromatic heterocycles. The number of carbonyl (C=O) groups is 2. The van der Waals surface area contributed by atoms with Crippen LogP contribution in [0.2, 0.25) is 0 Å². The molecule has 0 aromatic carbocycles. The first kappa shape index (κ1) is 86.8. The molecule has 0 radical (unpaired) electrons. The van der Waals surface area contributed by atoms with Gasteiger partial charge in [-0.1, -0.05) is 393 Å². The van der Waals surface area contributed by atoms with Crippen LogP contribution in [0.3, 0.4) is 0 Å². The molecule has 1 N–H and O–H groups in total. The molecule has 0 rings (SSSR count). The lowest BCUT2D eigenvalue weighted by atomic mass is 10.0. The van der Waals surface area contributed by atoms with Crippen molar-refractivity contribution in [3.8, 4) is 0 Å². The van der Waals surface area contributed by atoms with Gasteiger partial charge >= 0.3 is 5.97 Å². The Labute approximate surface area is 550 Å². The van der Waals surface area contributed by atoms with E-state index in [2.05, 4.69) is 26.1 Å². The van der Waals surface area contributed by atoms with Crippen LogP contribution in [0, 0.1) is 0 Å². The predicted octanol–water partition coefficient (Wildman–Crippen LogP) is 24.8. The zero-order valence-corrected chi connectivity index (χ0v) is 61.1. The summed E-state index contributed by atoms with van der Waals surface area (Å²) in [6.45, 7) is 6.94. The molecular weight excluding hydrogens is 1110 g/mol. The molecule has 0 fully saturated rings. The second-order valence-corrected chi connectivity index (χ2v) is 30.0. The fourth-order valence-electron chi connectivity index (χ4n) is 12.4. The summed E-state index contributed by atoms with van der Waals surface area (Å²) in [6, 6.07) is -0.882. The fourth-order valence-corrected chi connectivity index (χ4v) is 13.1. The van der Waals surface area contributed by atoms with Crippen LogP contribution in [0.25, 0.3) is 0 Å². The Balaban J connectivity index is 4.88. The summed E-state index contributed by atoms with van der Waals surface area (Å²) >= 11 is 0. The lowest BCUT2D eigenvalue weighted by Gasteiger charge is -2.30. The van der Waals surface area contributed by atoms with E-state index in [1.807, 2.05) is 33.3 Å². The van der Waals surface area contributed by atoms with Crippen molar-refractivity contribution < 1.29 is 37.3 Å². The number of rotatable bonds is 74. The van der Waals surface area contributed by atoms with E-state index in [9.17, 15) is 19.0 Å². The Morgan fingerprint density at radius 1 is 0.386 bits per heavy atom. The Morgan fingerprint density at radius 2 is 0.648 bits per heavy atom. The number of carbonyl (C=O) groups excluding carboxylic acids is 2. The molecule has 0 heterocycles. The Bertz CT molecular complexity index is 1500. The van der Waals surface area contributed by atoms with Crippen LogP contribution in [0.5, 0.6) is 0 Å². The number of hydrogen-bond acceptors (Lipinski definition) is 7. The molecule has 88 heavy (non-hydrogen) atoms.